The highest BCUT2D eigenvalue weighted by molar-refractivity contribution is 6.40. The molecule has 3 heteroatoms. The van der Waals surface area contributed by atoms with Gasteiger partial charge in [-0.25, -0.2) is 0 Å². The minimum Gasteiger partial charge on any atom is -0.377 e. The molecule has 0 radical (unpaired) electrons. The fourth-order valence-electron chi connectivity index (χ4n) is 3.69. The van der Waals surface area contributed by atoms with Crippen LogP contribution in [-0.4, -0.2) is 26.5 Å². The third-order valence-corrected chi connectivity index (χ3v) is 7.50. The van der Waals surface area contributed by atoms with Crippen LogP contribution in [0.4, 0.5) is 0 Å². The Morgan fingerprint density at radius 3 is 2.20 bits per heavy atom. The zero-order valence-corrected chi connectivity index (χ0v) is 14.8. The maximum absolute atomic E-state index is 12.8. The normalized spacial score (nSPS) is 24.6. The molecule has 112 valence electrons. The summed E-state index contributed by atoms with van der Waals surface area (Å²) in [5.41, 5.74) is 5.70. The summed E-state index contributed by atoms with van der Waals surface area (Å²) in [5, 5.41) is 0. The van der Waals surface area contributed by atoms with E-state index in [1.54, 1.807) is 0 Å². The van der Waals surface area contributed by atoms with Crippen LogP contribution in [0.2, 0.25) is 6.04 Å². The summed E-state index contributed by atoms with van der Waals surface area (Å²) in [7, 11) is 0.421. The van der Waals surface area contributed by atoms with Gasteiger partial charge in [0, 0.05) is 19.1 Å². The van der Waals surface area contributed by atoms with E-state index >= 15 is 0 Å². The maximum Gasteiger partial charge on any atom is 0.398 e. The van der Waals surface area contributed by atoms with E-state index in [1.165, 1.54) is 54.4 Å². The van der Waals surface area contributed by atoms with Gasteiger partial charge in [0.25, 0.3) is 0 Å². The number of hydrogen-bond donors (Lipinski definition) is 0. The van der Waals surface area contributed by atoms with Crippen molar-refractivity contribution >= 4 is 8.84 Å². The number of allylic oxidation sites excluding steroid dienone is 4. The molecule has 1 unspecified atom stereocenters. The van der Waals surface area contributed by atoms with Crippen LogP contribution < -0.4 is 0 Å². The van der Waals surface area contributed by atoms with E-state index in [0.29, 0.717) is 12.0 Å². The van der Waals surface area contributed by atoms with Gasteiger partial charge in [-0.2, -0.15) is 0 Å². The van der Waals surface area contributed by atoms with Crippen molar-refractivity contribution in [1.82, 2.24) is 4.57 Å². The fourth-order valence-corrected chi connectivity index (χ4v) is 5.50. The minimum absolute atomic E-state index is 0.490. The fraction of sp³-hybridized carbons (Fsp3) is 0.765. The molecule has 0 N–H and O–H groups in total. The summed E-state index contributed by atoms with van der Waals surface area (Å²) < 4.78 is 15.0. The molecule has 0 heterocycles. The number of hydrogen-bond acceptors (Lipinski definition) is 1. The Balaban J connectivity index is 2.02. The van der Waals surface area contributed by atoms with Crippen LogP contribution in [0, 0.1) is 5.92 Å². The Morgan fingerprint density at radius 1 is 1.10 bits per heavy atom. The minimum atomic E-state index is -1.66. The molecule has 0 aliphatic heterocycles. The van der Waals surface area contributed by atoms with E-state index in [9.17, 15) is 4.46 Å². The molecule has 2 aliphatic carbocycles. The van der Waals surface area contributed by atoms with Gasteiger partial charge in [-0.15, -0.1) is 0 Å². The predicted molar refractivity (Wildman–Crippen MR) is 86.1 cm³/mol. The monoisotopic (exact) mass is 291 g/mol. The van der Waals surface area contributed by atoms with E-state index in [0.717, 1.165) is 6.04 Å². The van der Waals surface area contributed by atoms with Gasteiger partial charge >= 0.3 is 8.84 Å². The van der Waals surface area contributed by atoms with Crippen molar-refractivity contribution in [2.75, 3.05) is 7.05 Å². The summed E-state index contributed by atoms with van der Waals surface area (Å²) in [6.07, 6.45) is 6.44. The average molecular weight is 292 g/mol. The molecule has 1 atom stereocenters. The van der Waals surface area contributed by atoms with Crippen molar-refractivity contribution in [3.05, 3.63) is 22.3 Å². The zero-order valence-electron chi connectivity index (χ0n) is 13.8. The molecule has 2 aliphatic rings. The lowest BCUT2D eigenvalue weighted by Gasteiger charge is -2.31. The van der Waals surface area contributed by atoms with Crippen molar-refractivity contribution in [3.8, 4) is 0 Å². The topological polar surface area (TPSA) is 20.3 Å². The van der Waals surface area contributed by atoms with Crippen LogP contribution >= 0.6 is 0 Å². The quantitative estimate of drug-likeness (QED) is 0.712. The summed E-state index contributed by atoms with van der Waals surface area (Å²) in [5.74, 6) is 0.490. The molecule has 2 nitrogen and oxygen atoms in total. The molecule has 0 bridgehead atoms. The molecule has 0 spiro atoms. The Labute approximate surface area is 125 Å². The molecule has 0 saturated heterocycles. The summed E-state index contributed by atoms with van der Waals surface area (Å²) in [4.78, 5) is 0. The SMILES string of the molecule is CC1=C(C)C(C)C(C[Si](=O)N(C)C2CCCCC2)=C1C. The average Bonchev–Trinajstić information content (AvgIpc) is 2.65. The first-order valence-corrected chi connectivity index (χ1v) is 9.62. The van der Waals surface area contributed by atoms with Crippen molar-refractivity contribution in [1.29, 1.82) is 0 Å². The third kappa shape index (κ3) is 2.97. The molecule has 1 fully saturated rings. The molecule has 1 saturated carbocycles. The van der Waals surface area contributed by atoms with Crippen molar-refractivity contribution < 1.29 is 4.46 Å². The highest BCUT2D eigenvalue weighted by Gasteiger charge is 2.29. The van der Waals surface area contributed by atoms with Gasteiger partial charge in [-0.05, 0) is 50.7 Å². The largest absolute Gasteiger partial charge is 0.398 e. The highest BCUT2D eigenvalue weighted by atomic mass is 28.3. The number of nitrogens with zero attached hydrogens (tertiary/aromatic N) is 1. The van der Waals surface area contributed by atoms with Gasteiger partial charge in [-0.1, -0.05) is 37.3 Å². The van der Waals surface area contributed by atoms with Gasteiger partial charge in [0.2, 0.25) is 0 Å². The Bertz CT molecular complexity index is 458. The Kier molecular flexibility index (Phi) is 5.00. The molecule has 0 amide bonds. The Morgan fingerprint density at radius 2 is 1.70 bits per heavy atom. The molecule has 2 rings (SSSR count). The van der Waals surface area contributed by atoms with Crippen molar-refractivity contribution in [2.45, 2.75) is 71.9 Å². The Hall–Kier alpha value is -0.703. The lowest BCUT2D eigenvalue weighted by molar-refractivity contribution is 0.272. The first kappa shape index (κ1) is 15.7. The summed E-state index contributed by atoms with van der Waals surface area (Å²) in [6, 6.07) is 1.35. The van der Waals surface area contributed by atoms with Gasteiger partial charge in [0.1, 0.15) is 0 Å². The van der Waals surface area contributed by atoms with E-state index in [-0.39, 0.29) is 0 Å². The standard InChI is InChI=1S/C17H29NOSi/c1-12-13(2)15(4)17(14(12)3)11-20(19)18(5)16-9-7-6-8-10-16/h14,16H,6-11H2,1-5H3. The first-order valence-electron chi connectivity index (χ1n) is 8.06. The van der Waals surface area contributed by atoms with Crippen LogP contribution in [0.1, 0.15) is 59.8 Å². The van der Waals surface area contributed by atoms with Crippen LogP contribution in [0.15, 0.2) is 22.3 Å². The van der Waals surface area contributed by atoms with Crippen molar-refractivity contribution in [3.63, 3.8) is 0 Å². The van der Waals surface area contributed by atoms with Crippen LogP contribution in [0.5, 0.6) is 0 Å². The van der Waals surface area contributed by atoms with Gasteiger partial charge in [-0.3, -0.25) is 0 Å². The van der Waals surface area contributed by atoms with Crippen LogP contribution in [-0.2, 0) is 4.46 Å². The molecule has 0 aromatic carbocycles. The molecular weight excluding hydrogens is 262 g/mol. The predicted octanol–water partition coefficient (Wildman–Crippen LogP) is 4.47. The van der Waals surface area contributed by atoms with Gasteiger partial charge in [0.15, 0.2) is 0 Å². The third-order valence-electron chi connectivity index (χ3n) is 5.67. The van der Waals surface area contributed by atoms with E-state index in [2.05, 4.69) is 39.3 Å². The second-order valence-electron chi connectivity index (χ2n) is 6.65. The summed E-state index contributed by atoms with van der Waals surface area (Å²) >= 11 is 0. The summed E-state index contributed by atoms with van der Waals surface area (Å²) in [6.45, 7) is 8.89. The molecule has 0 aromatic heterocycles. The highest BCUT2D eigenvalue weighted by Crippen LogP contribution is 2.38. The smallest absolute Gasteiger partial charge is 0.377 e. The molecule has 20 heavy (non-hydrogen) atoms. The van der Waals surface area contributed by atoms with E-state index in [1.807, 2.05) is 0 Å². The second-order valence-corrected chi connectivity index (χ2v) is 8.50. The number of rotatable bonds is 4. The zero-order chi connectivity index (χ0) is 14.9. The second kappa shape index (κ2) is 6.38. The molecular formula is C17H29NOSi. The maximum atomic E-state index is 12.8. The van der Waals surface area contributed by atoms with E-state index < -0.39 is 8.84 Å². The van der Waals surface area contributed by atoms with Crippen LogP contribution in [0.3, 0.4) is 0 Å². The lowest BCUT2D eigenvalue weighted by Crippen LogP contribution is -2.39. The van der Waals surface area contributed by atoms with Gasteiger partial charge in [0.05, 0.1) is 0 Å². The molecule has 0 aromatic rings. The van der Waals surface area contributed by atoms with Crippen molar-refractivity contribution in [2.24, 2.45) is 5.92 Å². The first-order chi connectivity index (χ1) is 9.43. The van der Waals surface area contributed by atoms with Crippen LogP contribution in [0.25, 0.3) is 0 Å². The van der Waals surface area contributed by atoms with E-state index in [4.69, 9.17) is 0 Å². The lowest BCUT2D eigenvalue weighted by atomic mass is 9.96. The van der Waals surface area contributed by atoms with Gasteiger partial charge < -0.3 is 9.03 Å².